The molecular weight excluding hydrogens is 378 g/mol. The van der Waals surface area contributed by atoms with Crippen molar-refractivity contribution in [3.8, 4) is 17.2 Å². The molecule has 1 N–H and O–H groups in total. The smallest absolute Gasteiger partial charge is 0.241 e. The summed E-state index contributed by atoms with van der Waals surface area (Å²) in [5.74, 6) is 1.77. The molecule has 4 rings (SSSR count). The second-order valence-corrected chi connectivity index (χ2v) is 8.93. The van der Waals surface area contributed by atoms with Crippen LogP contribution in [0.4, 0.5) is 0 Å². The van der Waals surface area contributed by atoms with E-state index >= 15 is 0 Å². The minimum absolute atomic E-state index is 0.166. The lowest BCUT2D eigenvalue weighted by Crippen LogP contribution is -2.44. The van der Waals surface area contributed by atoms with E-state index in [1.54, 1.807) is 12.1 Å². The molecule has 0 aromatic heterocycles. The molecule has 0 radical (unpaired) electrons. The molecule has 6 nitrogen and oxygen atoms in total. The SMILES string of the molecule is CCC1(CC)C[C@@H](NS(=O)(=O)c2ccc3c(c2)OCCO3)c2ccccc2O1. The second-order valence-electron chi connectivity index (χ2n) is 7.21. The molecule has 2 aromatic carbocycles. The number of rotatable bonds is 5. The molecule has 0 saturated carbocycles. The molecular formula is C21H25NO5S. The first-order valence-corrected chi connectivity index (χ1v) is 11.1. The molecule has 0 bridgehead atoms. The summed E-state index contributed by atoms with van der Waals surface area (Å²) in [5.41, 5.74) is 0.482. The second kappa shape index (κ2) is 7.29. The number of sulfonamides is 1. The molecule has 0 unspecified atom stereocenters. The predicted octanol–water partition coefficient (Wildman–Crippen LogP) is 3.82. The number of benzene rings is 2. The Morgan fingerprint density at radius 2 is 1.71 bits per heavy atom. The van der Waals surface area contributed by atoms with E-state index in [2.05, 4.69) is 18.6 Å². The Balaban J connectivity index is 1.67. The summed E-state index contributed by atoms with van der Waals surface area (Å²) in [5, 5.41) is 0. The van der Waals surface area contributed by atoms with Gasteiger partial charge >= 0.3 is 0 Å². The Labute approximate surface area is 165 Å². The normalized spacial score (nSPS) is 20.1. The summed E-state index contributed by atoms with van der Waals surface area (Å²) in [4.78, 5) is 0.166. The number of fused-ring (bicyclic) bond motifs is 2. The van der Waals surface area contributed by atoms with Gasteiger partial charge in [-0.15, -0.1) is 0 Å². The third-order valence-corrected chi connectivity index (χ3v) is 7.08. The van der Waals surface area contributed by atoms with Crippen molar-refractivity contribution in [3.63, 3.8) is 0 Å². The highest BCUT2D eigenvalue weighted by Gasteiger charge is 2.40. The van der Waals surface area contributed by atoms with Gasteiger partial charge in [-0.05, 0) is 31.0 Å². The van der Waals surface area contributed by atoms with E-state index in [0.29, 0.717) is 31.1 Å². The lowest BCUT2D eigenvalue weighted by atomic mass is 9.84. The standard InChI is InChI=1S/C21H25NO5S/c1-3-21(4-2)14-17(16-7-5-6-8-18(16)27-21)22-28(23,24)15-9-10-19-20(13-15)26-12-11-25-19/h5-10,13,17,22H,3-4,11-12,14H2,1-2H3/t17-/m1/s1. The molecule has 0 amide bonds. The Morgan fingerprint density at radius 3 is 2.46 bits per heavy atom. The van der Waals surface area contributed by atoms with Crippen molar-refractivity contribution >= 4 is 10.0 Å². The minimum atomic E-state index is -3.74. The van der Waals surface area contributed by atoms with Gasteiger partial charge in [0.1, 0.15) is 24.6 Å². The van der Waals surface area contributed by atoms with Crippen LogP contribution in [-0.4, -0.2) is 27.2 Å². The Kier molecular flexibility index (Phi) is 4.97. The lowest BCUT2D eigenvalue weighted by Gasteiger charge is -2.41. The van der Waals surface area contributed by atoms with Crippen LogP contribution in [0.3, 0.4) is 0 Å². The molecule has 2 aliphatic rings. The van der Waals surface area contributed by atoms with Crippen molar-refractivity contribution in [3.05, 3.63) is 48.0 Å². The van der Waals surface area contributed by atoms with Gasteiger partial charge in [-0.25, -0.2) is 13.1 Å². The number of ether oxygens (including phenoxy) is 3. The van der Waals surface area contributed by atoms with E-state index in [0.717, 1.165) is 24.2 Å². The monoisotopic (exact) mass is 403 g/mol. The minimum Gasteiger partial charge on any atom is -0.487 e. The quantitative estimate of drug-likeness (QED) is 0.822. The van der Waals surface area contributed by atoms with Gasteiger partial charge in [0.2, 0.25) is 10.0 Å². The Bertz CT molecular complexity index is 969. The molecule has 150 valence electrons. The largest absolute Gasteiger partial charge is 0.487 e. The zero-order chi connectivity index (χ0) is 19.8. The van der Waals surface area contributed by atoms with Crippen LogP contribution < -0.4 is 18.9 Å². The number of para-hydroxylation sites is 1. The fourth-order valence-electron chi connectivity index (χ4n) is 3.85. The first kappa shape index (κ1) is 19.1. The molecule has 0 fully saturated rings. The van der Waals surface area contributed by atoms with E-state index in [9.17, 15) is 8.42 Å². The van der Waals surface area contributed by atoms with Gasteiger partial charge < -0.3 is 14.2 Å². The van der Waals surface area contributed by atoms with Gasteiger partial charge in [0.05, 0.1) is 10.9 Å². The van der Waals surface area contributed by atoms with Crippen molar-refractivity contribution in [1.82, 2.24) is 4.72 Å². The topological polar surface area (TPSA) is 73.9 Å². The van der Waals surface area contributed by atoms with Gasteiger partial charge in [-0.3, -0.25) is 0 Å². The fourth-order valence-corrected chi connectivity index (χ4v) is 5.08. The van der Waals surface area contributed by atoms with E-state index in [-0.39, 0.29) is 16.5 Å². The van der Waals surface area contributed by atoms with Crippen LogP contribution in [0.2, 0.25) is 0 Å². The fraction of sp³-hybridized carbons (Fsp3) is 0.429. The lowest BCUT2D eigenvalue weighted by molar-refractivity contribution is 0.0260. The van der Waals surface area contributed by atoms with E-state index in [4.69, 9.17) is 14.2 Å². The first-order valence-electron chi connectivity index (χ1n) is 9.66. The summed E-state index contributed by atoms with van der Waals surface area (Å²) < 4.78 is 46.5. The molecule has 7 heteroatoms. The van der Waals surface area contributed by atoms with Crippen LogP contribution in [0.1, 0.15) is 44.7 Å². The van der Waals surface area contributed by atoms with Crippen LogP contribution in [0.25, 0.3) is 0 Å². The number of hydrogen-bond donors (Lipinski definition) is 1. The zero-order valence-electron chi connectivity index (χ0n) is 16.1. The van der Waals surface area contributed by atoms with Crippen molar-refractivity contribution < 1.29 is 22.6 Å². The van der Waals surface area contributed by atoms with Crippen LogP contribution >= 0.6 is 0 Å². The third kappa shape index (κ3) is 3.44. The van der Waals surface area contributed by atoms with Crippen LogP contribution in [0, 0.1) is 0 Å². The maximum atomic E-state index is 13.1. The highest BCUT2D eigenvalue weighted by Crippen LogP contribution is 2.43. The van der Waals surface area contributed by atoms with Gasteiger partial charge in [-0.1, -0.05) is 32.0 Å². The molecule has 2 aliphatic heterocycles. The van der Waals surface area contributed by atoms with E-state index in [1.165, 1.54) is 6.07 Å². The molecule has 2 heterocycles. The number of nitrogens with one attached hydrogen (secondary N) is 1. The summed E-state index contributed by atoms with van der Waals surface area (Å²) in [6.07, 6.45) is 2.20. The summed E-state index contributed by atoms with van der Waals surface area (Å²) in [6, 6.07) is 12.0. The van der Waals surface area contributed by atoms with Crippen molar-refractivity contribution in [2.75, 3.05) is 13.2 Å². The average molecular weight is 404 g/mol. The molecule has 0 spiro atoms. The highest BCUT2D eigenvalue weighted by atomic mass is 32.2. The van der Waals surface area contributed by atoms with Gasteiger partial charge in [0, 0.05) is 18.1 Å². The Morgan fingerprint density at radius 1 is 1.00 bits per heavy atom. The highest BCUT2D eigenvalue weighted by molar-refractivity contribution is 7.89. The van der Waals surface area contributed by atoms with Crippen LogP contribution in [0.15, 0.2) is 47.4 Å². The van der Waals surface area contributed by atoms with Crippen molar-refractivity contribution in [2.45, 2.75) is 49.6 Å². The van der Waals surface area contributed by atoms with E-state index in [1.807, 2.05) is 24.3 Å². The molecule has 0 saturated heterocycles. The third-order valence-electron chi connectivity index (χ3n) is 5.61. The van der Waals surface area contributed by atoms with Gasteiger partial charge in [0.15, 0.2) is 11.5 Å². The van der Waals surface area contributed by atoms with Gasteiger partial charge in [0.25, 0.3) is 0 Å². The number of hydrogen-bond acceptors (Lipinski definition) is 5. The average Bonchev–Trinajstić information content (AvgIpc) is 2.73. The first-order chi connectivity index (χ1) is 13.5. The van der Waals surface area contributed by atoms with Crippen LogP contribution in [-0.2, 0) is 10.0 Å². The maximum Gasteiger partial charge on any atom is 0.241 e. The zero-order valence-corrected chi connectivity index (χ0v) is 16.9. The Hall–Kier alpha value is -2.25. The van der Waals surface area contributed by atoms with E-state index < -0.39 is 10.0 Å². The van der Waals surface area contributed by atoms with Gasteiger partial charge in [-0.2, -0.15) is 0 Å². The summed E-state index contributed by atoms with van der Waals surface area (Å²) >= 11 is 0. The predicted molar refractivity (Wildman–Crippen MR) is 105 cm³/mol. The van der Waals surface area contributed by atoms with Crippen molar-refractivity contribution in [1.29, 1.82) is 0 Å². The molecule has 0 aliphatic carbocycles. The van der Waals surface area contributed by atoms with Crippen molar-refractivity contribution in [2.24, 2.45) is 0 Å². The molecule has 1 atom stereocenters. The molecule has 2 aromatic rings. The molecule has 28 heavy (non-hydrogen) atoms. The van der Waals surface area contributed by atoms with Crippen LogP contribution in [0.5, 0.6) is 17.2 Å². The summed E-state index contributed by atoms with van der Waals surface area (Å²) in [7, 11) is -3.74. The maximum absolute atomic E-state index is 13.1. The summed E-state index contributed by atoms with van der Waals surface area (Å²) in [6.45, 7) is 5.02.